The minimum absolute atomic E-state index is 0.0728. The second kappa shape index (κ2) is 13.7. The van der Waals surface area contributed by atoms with E-state index in [9.17, 15) is 17.8 Å². The topological polar surface area (TPSA) is 126 Å². The molecule has 0 fully saturated rings. The van der Waals surface area contributed by atoms with Crippen molar-refractivity contribution >= 4 is 23.8 Å². The molecular formula is C19H36NO9PS. The van der Waals surface area contributed by atoms with Gasteiger partial charge in [-0.2, -0.15) is 8.42 Å². The first-order valence-electron chi connectivity index (χ1n) is 10.6. The molecule has 0 aromatic heterocycles. The Morgan fingerprint density at radius 3 is 2.29 bits per heavy atom. The predicted octanol–water partition coefficient (Wildman–Crippen LogP) is 2.94. The molecule has 0 saturated carbocycles. The third-order valence-electron chi connectivity index (χ3n) is 4.34. The number of ether oxygens (including phenoxy) is 2. The van der Waals surface area contributed by atoms with Crippen LogP contribution in [0.2, 0.25) is 0 Å². The Balaban J connectivity index is 3.30. The Kier molecular flexibility index (Phi) is 12.4. The summed E-state index contributed by atoms with van der Waals surface area (Å²) in [5.41, 5.74) is 0.233. The number of carbonyl (C=O) groups is 1. The van der Waals surface area contributed by atoms with E-state index in [0.29, 0.717) is 6.61 Å². The van der Waals surface area contributed by atoms with Gasteiger partial charge in [-0.15, -0.1) is 0 Å². The van der Waals surface area contributed by atoms with Crippen LogP contribution in [0.25, 0.3) is 0 Å². The van der Waals surface area contributed by atoms with Gasteiger partial charge in [0.2, 0.25) is 0 Å². The molecule has 10 nitrogen and oxygen atoms in total. The van der Waals surface area contributed by atoms with Gasteiger partial charge >= 0.3 is 13.7 Å². The van der Waals surface area contributed by atoms with Crippen molar-refractivity contribution in [3.05, 3.63) is 11.6 Å². The molecule has 0 saturated heterocycles. The van der Waals surface area contributed by atoms with Gasteiger partial charge in [0.1, 0.15) is 0 Å². The number of carbonyl (C=O) groups excluding carboxylic acids is 1. The number of hydrogen-bond donors (Lipinski definition) is 1. The summed E-state index contributed by atoms with van der Waals surface area (Å²) in [6, 6.07) is -0.904. The Bertz CT molecular complexity index is 731. The SMILES string of the molecule is CCCCCOC1C=C(C(=O)OCC)CC(OS(C)(=O)=O)C1NP(=O)(OCC)OCC. The minimum atomic E-state index is -3.90. The third kappa shape index (κ3) is 10.1. The number of unbranched alkanes of at least 4 members (excludes halogenated alkanes) is 2. The van der Waals surface area contributed by atoms with Crippen LogP contribution in [0.3, 0.4) is 0 Å². The van der Waals surface area contributed by atoms with Crippen molar-refractivity contribution in [2.45, 2.75) is 71.6 Å². The molecule has 0 radical (unpaired) electrons. The van der Waals surface area contributed by atoms with Crippen molar-refractivity contribution in [3.8, 4) is 0 Å². The van der Waals surface area contributed by atoms with Gasteiger partial charge in [-0.25, -0.2) is 14.4 Å². The standard InChI is InChI=1S/C19H36NO9PS/c1-6-10-11-12-26-16-13-15(19(21)25-7-2)14-17(29-31(5,23)24)18(16)20-30(22,27-8-3)28-9-4/h13,16-18H,6-12,14H2,1-5H3,(H,20,22). The molecule has 3 unspecified atom stereocenters. The van der Waals surface area contributed by atoms with Crippen molar-refractivity contribution in [1.29, 1.82) is 0 Å². The Morgan fingerprint density at radius 2 is 1.77 bits per heavy atom. The van der Waals surface area contributed by atoms with Crippen molar-refractivity contribution < 1.29 is 40.5 Å². The van der Waals surface area contributed by atoms with Crippen molar-refractivity contribution in [1.82, 2.24) is 5.09 Å². The molecule has 3 atom stereocenters. The molecular weight excluding hydrogens is 449 g/mol. The number of hydrogen-bond acceptors (Lipinski definition) is 9. The van der Waals surface area contributed by atoms with Gasteiger partial charge in [0.15, 0.2) is 0 Å². The maximum Gasteiger partial charge on any atom is 0.405 e. The summed E-state index contributed by atoms with van der Waals surface area (Å²) in [5, 5.41) is 2.79. The molecule has 0 aromatic carbocycles. The van der Waals surface area contributed by atoms with Crippen LogP contribution in [-0.2, 0) is 42.2 Å². The lowest BCUT2D eigenvalue weighted by atomic mass is 9.90. The lowest BCUT2D eigenvalue weighted by Gasteiger charge is -2.37. The zero-order valence-corrected chi connectivity index (χ0v) is 20.7. The number of nitrogens with one attached hydrogen (secondary N) is 1. The van der Waals surface area contributed by atoms with Crippen molar-refractivity contribution in [2.75, 3.05) is 32.7 Å². The van der Waals surface area contributed by atoms with Gasteiger partial charge in [0.05, 0.1) is 44.3 Å². The molecule has 182 valence electrons. The van der Waals surface area contributed by atoms with E-state index in [1.807, 2.05) is 0 Å². The Labute approximate surface area is 185 Å². The lowest BCUT2D eigenvalue weighted by molar-refractivity contribution is -0.139. The van der Waals surface area contributed by atoms with Crippen LogP contribution in [-0.4, -0.2) is 65.3 Å². The van der Waals surface area contributed by atoms with Gasteiger partial charge in [-0.3, -0.25) is 13.2 Å². The van der Waals surface area contributed by atoms with Gasteiger partial charge in [-0.05, 0) is 33.3 Å². The van der Waals surface area contributed by atoms with Crippen LogP contribution in [0.4, 0.5) is 0 Å². The summed E-state index contributed by atoms with van der Waals surface area (Å²) in [6.07, 6.45) is 3.21. The van der Waals surface area contributed by atoms with Crippen molar-refractivity contribution in [3.63, 3.8) is 0 Å². The van der Waals surface area contributed by atoms with Gasteiger partial charge in [0, 0.05) is 18.6 Å². The average molecular weight is 486 g/mol. The molecule has 0 heterocycles. The molecule has 0 aliphatic heterocycles. The van der Waals surface area contributed by atoms with E-state index in [2.05, 4.69) is 12.0 Å². The van der Waals surface area contributed by atoms with E-state index in [1.165, 1.54) is 0 Å². The molecule has 1 N–H and O–H groups in total. The predicted molar refractivity (Wildman–Crippen MR) is 116 cm³/mol. The maximum atomic E-state index is 13.1. The zero-order chi connectivity index (χ0) is 23.5. The van der Waals surface area contributed by atoms with E-state index >= 15 is 0 Å². The van der Waals surface area contributed by atoms with Gasteiger partial charge < -0.3 is 9.47 Å². The first kappa shape index (κ1) is 28.2. The molecule has 0 amide bonds. The van der Waals surface area contributed by atoms with Crippen LogP contribution in [0, 0.1) is 0 Å². The molecule has 0 aromatic rings. The molecule has 31 heavy (non-hydrogen) atoms. The summed E-state index contributed by atoms with van der Waals surface area (Å²) in [7, 11) is -7.68. The third-order valence-corrected chi connectivity index (χ3v) is 6.75. The van der Waals surface area contributed by atoms with Crippen molar-refractivity contribution in [2.24, 2.45) is 0 Å². The fourth-order valence-electron chi connectivity index (χ4n) is 3.13. The highest BCUT2D eigenvalue weighted by Gasteiger charge is 2.43. The van der Waals surface area contributed by atoms with Crippen LogP contribution >= 0.6 is 7.75 Å². The average Bonchev–Trinajstić information content (AvgIpc) is 2.66. The molecule has 1 aliphatic rings. The summed E-state index contributed by atoms with van der Waals surface area (Å²) in [5.74, 6) is -0.581. The van der Waals surface area contributed by atoms with Crippen LogP contribution in [0.5, 0.6) is 0 Å². The number of esters is 1. The van der Waals surface area contributed by atoms with E-state index < -0.39 is 42.1 Å². The second-order valence-corrected chi connectivity index (χ2v) is 10.4. The molecule has 1 aliphatic carbocycles. The van der Waals surface area contributed by atoms with Gasteiger partial charge in [0.25, 0.3) is 10.1 Å². The normalized spacial score (nSPS) is 22.2. The fraction of sp³-hybridized carbons (Fsp3) is 0.842. The maximum absolute atomic E-state index is 13.1. The van der Waals surface area contributed by atoms with E-state index in [0.717, 1.165) is 25.5 Å². The summed E-state index contributed by atoms with van der Waals surface area (Å²) in [4.78, 5) is 12.4. The minimum Gasteiger partial charge on any atom is -0.463 e. The fourth-order valence-corrected chi connectivity index (χ4v) is 5.35. The highest BCUT2D eigenvalue weighted by molar-refractivity contribution is 7.86. The lowest BCUT2D eigenvalue weighted by Crippen LogP contribution is -2.52. The first-order chi connectivity index (χ1) is 14.6. The second-order valence-electron chi connectivity index (χ2n) is 6.99. The molecule has 1 rings (SSSR count). The highest BCUT2D eigenvalue weighted by Crippen LogP contribution is 2.46. The first-order valence-corrected chi connectivity index (χ1v) is 14.0. The zero-order valence-electron chi connectivity index (χ0n) is 19.0. The monoisotopic (exact) mass is 485 g/mol. The molecule has 0 bridgehead atoms. The Hall–Kier alpha value is -0.810. The van der Waals surface area contributed by atoms with Crippen LogP contribution in [0.1, 0.15) is 53.4 Å². The van der Waals surface area contributed by atoms with E-state index in [1.54, 1.807) is 26.8 Å². The largest absolute Gasteiger partial charge is 0.463 e. The summed E-state index contributed by atoms with van der Waals surface area (Å²) in [6.45, 7) is 7.81. The summed E-state index contributed by atoms with van der Waals surface area (Å²) >= 11 is 0. The van der Waals surface area contributed by atoms with Crippen LogP contribution in [0.15, 0.2) is 11.6 Å². The Morgan fingerprint density at radius 1 is 1.13 bits per heavy atom. The summed E-state index contributed by atoms with van der Waals surface area (Å²) < 4.78 is 63.8. The van der Waals surface area contributed by atoms with E-state index in [-0.39, 0.29) is 31.8 Å². The van der Waals surface area contributed by atoms with E-state index in [4.69, 9.17) is 22.7 Å². The van der Waals surface area contributed by atoms with Gasteiger partial charge in [-0.1, -0.05) is 19.8 Å². The smallest absolute Gasteiger partial charge is 0.405 e. The quantitative estimate of drug-likeness (QED) is 0.160. The van der Waals surface area contributed by atoms with Crippen LogP contribution < -0.4 is 5.09 Å². The highest BCUT2D eigenvalue weighted by atomic mass is 32.2. The molecule has 0 spiro atoms. The molecule has 12 heteroatoms. The number of rotatable bonds is 15.